The Morgan fingerprint density at radius 2 is 1.84 bits per heavy atom. The zero-order chi connectivity index (χ0) is 22.3. The van der Waals surface area contributed by atoms with Gasteiger partial charge in [-0.05, 0) is 57.5 Å². The average molecular weight is 418 g/mol. The Balaban J connectivity index is 1.63. The predicted octanol–water partition coefficient (Wildman–Crippen LogP) is 4.65. The third-order valence-corrected chi connectivity index (χ3v) is 5.15. The smallest absolute Gasteiger partial charge is 0.408 e. The number of fused-ring (bicyclic) bond motifs is 4. The number of amides is 2. The van der Waals surface area contributed by atoms with Gasteiger partial charge in [0, 0.05) is 28.9 Å². The molecule has 0 aliphatic rings. The number of hydrogen-bond donors (Lipinski definition) is 2. The summed E-state index contributed by atoms with van der Waals surface area (Å²) in [6.45, 7) is 7.24. The minimum absolute atomic E-state index is 0.173. The Labute approximate surface area is 180 Å². The highest BCUT2D eigenvalue weighted by Gasteiger charge is 2.18. The second kappa shape index (κ2) is 7.58. The Morgan fingerprint density at radius 1 is 1.10 bits per heavy atom. The third-order valence-electron chi connectivity index (χ3n) is 5.15. The summed E-state index contributed by atoms with van der Waals surface area (Å²) in [5, 5.41) is 8.51. The highest BCUT2D eigenvalue weighted by Crippen LogP contribution is 2.34. The SMILES string of the molecule is Cc1c2ccccc2nc2c1c1cc(NC(=O)CNC(=O)OC(C)(C)C)ccc1n2C. The molecule has 0 fully saturated rings. The number of pyridine rings is 1. The lowest BCUT2D eigenvalue weighted by Gasteiger charge is -2.19. The minimum atomic E-state index is -0.624. The number of rotatable bonds is 3. The van der Waals surface area contributed by atoms with Crippen LogP contribution < -0.4 is 10.6 Å². The van der Waals surface area contributed by atoms with Crippen molar-refractivity contribution in [2.75, 3.05) is 11.9 Å². The van der Waals surface area contributed by atoms with E-state index < -0.39 is 11.7 Å². The molecule has 7 nitrogen and oxygen atoms in total. The number of carbonyl (C=O) groups is 2. The molecule has 0 saturated carbocycles. The van der Waals surface area contributed by atoms with E-state index in [2.05, 4.69) is 28.2 Å². The van der Waals surface area contributed by atoms with Gasteiger partial charge >= 0.3 is 6.09 Å². The number of alkyl carbamates (subject to hydrolysis) is 1. The topological polar surface area (TPSA) is 85.2 Å². The molecule has 0 saturated heterocycles. The monoisotopic (exact) mass is 418 g/mol. The molecule has 2 amide bonds. The molecule has 4 aromatic rings. The molecule has 0 atom stereocenters. The molecule has 31 heavy (non-hydrogen) atoms. The molecule has 4 rings (SSSR count). The van der Waals surface area contributed by atoms with E-state index in [4.69, 9.17) is 9.72 Å². The minimum Gasteiger partial charge on any atom is -0.444 e. The Morgan fingerprint density at radius 3 is 2.58 bits per heavy atom. The van der Waals surface area contributed by atoms with Gasteiger partial charge in [-0.1, -0.05) is 18.2 Å². The molecule has 2 N–H and O–H groups in total. The van der Waals surface area contributed by atoms with Crippen molar-refractivity contribution in [1.82, 2.24) is 14.9 Å². The van der Waals surface area contributed by atoms with Crippen molar-refractivity contribution in [3.63, 3.8) is 0 Å². The highest BCUT2D eigenvalue weighted by molar-refractivity contribution is 6.13. The number of hydrogen-bond acceptors (Lipinski definition) is 4. The van der Waals surface area contributed by atoms with Crippen molar-refractivity contribution in [1.29, 1.82) is 0 Å². The van der Waals surface area contributed by atoms with E-state index in [1.165, 1.54) is 0 Å². The van der Waals surface area contributed by atoms with Gasteiger partial charge in [0.25, 0.3) is 0 Å². The van der Waals surface area contributed by atoms with Gasteiger partial charge in [0.1, 0.15) is 17.8 Å². The number of aryl methyl sites for hydroxylation is 2. The number of anilines is 1. The maximum absolute atomic E-state index is 12.3. The van der Waals surface area contributed by atoms with Gasteiger partial charge in [-0.15, -0.1) is 0 Å². The van der Waals surface area contributed by atoms with Gasteiger partial charge in [-0.2, -0.15) is 0 Å². The van der Waals surface area contributed by atoms with Gasteiger partial charge < -0.3 is 19.9 Å². The van der Waals surface area contributed by atoms with Crippen molar-refractivity contribution in [2.45, 2.75) is 33.3 Å². The van der Waals surface area contributed by atoms with Gasteiger partial charge in [-0.3, -0.25) is 4.79 Å². The van der Waals surface area contributed by atoms with Gasteiger partial charge in [0.15, 0.2) is 0 Å². The highest BCUT2D eigenvalue weighted by atomic mass is 16.6. The fourth-order valence-electron chi connectivity index (χ4n) is 3.82. The molecule has 0 unspecified atom stereocenters. The first-order valence-electron chi connectivity index (χ1n) is 10.2. The summed E-state index contributed by atoms with van der Waals surface area (Å²) in [5.74, 6) is -0.328. The molecule has 7 heteroatoms. The van der Waals surface area contributed by atoms with E-state index in [-0.39, 0.29) is 12.5 Å². The van der Waals surface area contributed by atoms with E-state index in [0.717, 1.165) is 38.4 Å². The lowest BCUT2D eigenvalue weighted by molar-refractivity contribution is -0.115. The van der Waals surface area contributed by atoms with E-state index in [1.807, 2.05) is 43.4 Å². The van der Waals surface area contributed by atoms with E-state index in [0.29, 0.717) is 5.69 Å². The first kappa shape index (κ1) is 20.7. The van der Waals surface area contributed by atoms with Gasteiger partial charge in [0.2, 0.25) is 5.91 Å². The van der Waals surface area contributed by atoms with Crippen molar-refractivity contribution in [3.8, 4) is 0 Å². The second-order valence-electron chi connectivity index (χ2n) is 8.65. The number of ether oxygens (including phenoxy) is 1. The molecule has 2 aromatic carbocycles. The first-order valence-corrected chi connectivity index (χ1v) is 10.2. The number of para-hydroxylation sites is 1. The number of carbonyl (C=O) groups excluding carboxylic acids is 2. The molecule has 0 aliphatic heterocycles. The van der Waals surface area contributed by atoms with E-state index in [1.54, 1.807) is 20.8 Å². The van der Waals surface area contributed by atoms with Gasteiger partial charge in [-0.25, -0.2) is 9.78 Å². The van der Waals surface area contributed by atoms with Crippen LogP contribution in [-0.4, -0.2) is 33.7 Å². The summed E-state index contributed by atoms with van der Waals surface area (Å²) < 4.78 is 7.22. The first-order chi connectivity index (χ1) is 14.6. The molecule has 160 valence electrons. The molecular weight excluding hydrogens is 392 g/mol. The van der Waals surface area contributed by atoms with Crippen molar-refractivity contribution < 1.29 is 14.3 Å². The summed E-state index contributed by atoms with van der Waals surface area (Å²) in [4.78, 5) is 28.9. The Bertz CT molecular complexity index is 1330. The Hall–Kier alpha value is -3.61. The van der Waals surface area contributed by atoms with Crippen LogP contribution in [0.1, 0.15) is 26.3 Å². The zero-order valence-corrected chi connectivity index (χ0v) is 18.4. The average Bonchev–Trinajstić information content (AvgIpc) is 2.97. The Kier molecular flexibility index (Phi) is 5.05. The van der Waals surface area contributed by atoms with Crippen LogP contribution in [0.3, 0.4) is 0 Å². The van der Waals surface area contributed by atoms with Crippen molar-refractivity contribution in [2.24, 2.45) is 7.05 Å². The standard InChI is InChI=1S/C24H26N4O3/c1-14-16-8-6-7-9-18(16)27-22-21(14)17-12-15(10-11-19(17)28(22)5)26-20(29)13-25-23(30)31-24(2,3)4/h6-12H,13H2,1-5H3,(H,25,30)(H,26,29). The summed E-state index contributed by atoms with van der Waals surface area (Å²) in [5.41, 5.74) is 4.09. The largest absolute Gasteiger partial charge is 0.444 e. The fraction of sp³-hybridized carbons (Fsp3) is 0.292. The second-order valence-corrected chi connectivity index (χ2v) is 8.65. The third kappa shape index (κ3) is 4.03. The molecular formula is C24H26N4O3. The summed E-state index contributed by atoms with van der Waals surface area (Å²) in [6, 6.07) is 13.9. The van der Waals surface area contributed by atoms with Crippen LogP contribution in [0.15, 0.2) is 42.5 Å². The van der Waals surface area contributed by atoms with Crippen molar-refractivity contribution >= 4 is 50.5 Å². The summed E-state index contributed by atoms with van der Waals surface area (Å²) in [7, 11) is 1.99. The molecule has 0 aliphatic carbocycles. The van der Waals surface area contributed by atoms with E-state index in [9.17, 15) is 9.59 Å². The lowest BCUT2D eigenvalue weighted by atomic mass is 10.0. The summed E-state index contributed by atoms with van der Waals surface area (Å²) in [6.07, 6.45) is -0.624. The normalized spacial score (nSPS) is 11.8. The molecule has 2 heterocycles. The van der Waals surface area contributed by atoms with E-state index >= 15 is 0 Å². The molecule has 2 aromatic heterocycles. The maximum atomic E-state index is 12.3. The maximum Gasteiger partial charge on any atom is 0.408 e. The van der Waals surface area contributed by atoms with Gasteiger partial charge in [0.05, 0.1) is 11.0 Å². The van der Waals surface area contributed by atoms with Crippen LogP contribution in [0, 0.1) is 6.92 Å². The van der Waals surface area contributed by atoms with Crippen LogP contribution >= 0.6 is 0 Å². The molecule has 0 radical (unpaired) electrons. The predicted molar refractivity (Wildman–Crippen MR) is 123 cm³/mol. The zero-order valence-electron chi connectivity index (χ0n) is 18.4. The number of nitrogens with one attached hydrogen (secondary N) is 2. The van der Waals surface area contributed by atoms with Crippen LogP contribution in [0.25, 0.3) is 32.8 Å². The number of benzene rings is 2. The lowest BCUT2D eigenvalue weighted by Crippen LogP contribution is -2.37. The molecule has 0 bridgehead atoms. The number of aromatic nitrogens is 2. The quantitative estimate of drug-likeness (QED) is 0.507. The van der Waals surface area contributed by atoms with Crippen LogP contribution in [0.5, 0.6) is 0 Å². The molecule has 0 spiro atoms. The van der Waals surface area contributed by atoms with Crippen LogP contribution in [0.4, 0.5) is 10.5 Å². The van der Waals surface area contributed by atoms with Crippen LogP contribution in [-0.2, 0) is 16.6 Å². The van der Waals surface area contributed by atoms with Crippen molar-refractivity contribution in [3.05, 3.63) is 48.0 Å². The number of nitrogens with zero attached hydrogens (tertiary/aromatic N) is 2. The summed E-state index contributed by atoms with van der Waals surface area (Å²) >= 11 is 0. The van der Waals surface area contributed by atoms with Crippen LogP contribution in [0.2, 0.25) is 0 Å². The fourth-order valence-corrected chi connectivity index (χ4v) is 3.82.